The van der Waals surface area contributed by atoms with Crippen LogP contribution in [0.2, 0.25) is 0 Å². The number of nitrogens with one attached hydrogen (secondary N) is 2. The van der Waals surface area contributed by atoms with Gasteiger partial charge in [0.2, 0.25) is 15.9 Å². The monoisotopic (exact) mass is 370 g/mol. The molecule has 2 N–H and O–H groups in total. The number of hydrogen-bond donors (Lipinski definition) is 2. The van der Waals surface area contributed by atoms with Gasteiger partial charge in [-0.05, 0) is 50.8 Å². The molecule has 0 aliphatic carbocycles. The lowest BCUT2D eigenvalue weighted by atomic mass is 10.1. The summed E-state index contributed by atoms with van der Waals surface area (Å²) < 4.78 is 31.9. The van der Waals surface area contributed by atoms with Gasteiger partial charge in [-0.1, -0.05) is 19.1 Å². The number of amides is 1. The largest absolute Gasteiger partial charge is 0.379 e. The first-order valence-corrected chi connectivity index (χ1v) is 10.3. The average molecular weight is 371 g/mol. The van der Waals surface area contributed by atoms with E-state index in [1.54, 1.807) is 24.3 Å². The molecule has 0 radical (unpaired) electrons. The fourth-order valence-electron chi connectivity index (χ4n) is 2.12. The summed E-state index contributed by atoms with van der Waals surface area (Å²) in [4.78, 5) is 12.0. The lowest BCUT2D eigenvalue weighted by Crippen LogP contribution is -2.25. The van der Waals surface area contributed by atoms with E-state index in [0.717, 1.165) is 18.4 Å². The fraction of sp³-hybridized carbons (Fsp3) is 0.611. The number of carbonyl (C=O) groups is 1. The summed E-state index contributed by atoms with van der Waals surface area (Å²) >= 11 is 0. The number of aryl methyl sites for hydroxylation is 1. The number of rotatable bonds is 12. The van der Waals surface area contributed by atoms with Gasteiger partial charge in [-0.15, -0.1) is 0 Å². The number of sulfonamides is 1. The molecule has 0 bridgehead atoms. The van der Waals surface area contributed by atoms with E-state index in [2.05, 4.69) is 10.0 Å². The summed E-state index contributed by atoms with van der Waals surface area (Å²) in [5.74, 6) is -0.00847. The van der Waals surface area contributed by atoms with E-state index in [-0.39, 0.29) is 16.9 Å². The minimum Gasteiger partial charge on any atom is -0.379 e. The molecule has 0 fully saturated rings. The zero-order valence-corrected chi connectivity index (χ0v) is 16.2. The normalized spacial score (nSPS) is 11.7. The Morgan fingerprint density at radius 2 is 1.84 bits per heavy atom. The first-order chi connectivity index (χ1) is 11.8. The molecule has 142 valence electrons. The topological polar surface area (TPSA) is 84.5 Å². The first kappa shape index (κ1) is 21.6. The summed E-state index contributed by atoms with van der Waals surface area (Å²) in [6.45, 7) is 7.54. The Morgan fingerprint density at radius 3 is 2.44 bits per heavy atom. The molecule has 0 saturated carbocycles. The van der Waals surface area contributed by atoms with Crippen LogP contribution in [0.25, 0.3) is 0 Å². The Labute approximate surface area is 151 Å². The van der Waals surface area contributed by atoms with E-state index in [1.165, 1.54) is 0 Å². The van der Waals surface area contributed by atoms with Crippen molar-refractivity contribution in [3.05, 3.63) is 29.8 Å². The Morgan fingerprint density at radius 1 is 1.16 bits per heavy atom. The quantitative estimate of drug-likeness (QED) is 0.553. The van der Waals surface area contributed by atoms with Crippen molar-refractivity contribution in [3.8, 4) is 0 Å². The van der Waals surface area contributed by atoms with Gasteiger partial charge in [-0.2, -0.15) is 0 Å². The zero-order chi connectivity index (χ0) is 18.7. The highest BCUT2D eigenvalue weighted by atomic mass is 32.2. The second kappa shape index (κ2) is 11.2. The van der Waals surface area contributed by atoms with Crippen LogP contribution in [0.4, 0.5) is 0 Å². The number of benzene rings is 1. The van der Waals surface area contributed by atoms with Crippen molar-refractivity contribution < 1.29 is 17.9 Å². The predicted octanol–water partition coefficient (Wildman–Crippen LogP) is 2.24. The second-order valence-electron chi connectivity index (χ2n) is 6.16. The van der Waals surface area contributed by atoms with Crippen LogP contribution >= 0.6 is 0 Å². The summed E-state index contributed by atoms with van der Waals surface area (Å²) in [5, 5.41) is 2.86. The second-order valence-corrected chi connectivity index (χ2v) is 7.93. The van der Waals surface area contributed by atoms with Gasteiger partial charge < -0.3 is 10.1 Å². The molecule has 0 spiro atoms. The molecule has 25 heavy (non-hydrogen) atoms. The van der Waals surface area contributed by atoms with Gasteiger partial charge in [0.05, 0.1) is 11.0 Å². The minimum atomic E-state index is -3.44. The lowest BCUT2D eigenvalue weighted by Gasteiger charge is -2.09. The molecule has 6 nitrogen and oxygen atoms in total. The molecule has 1 aromatic rings. The van der Waals surface area contributed by atoms with E-state index in [4.69, 9.17) is 4.74 Å². The van der Waals surface area contributed by atoms with Crippen LogP contribution in [0.3, 0.4) is 0 Å². The third kappa shape index (κ3) is 9.00. The third-order valence-electron chi connectivity index (χ3n) is 3.51. The molecule has 1 aromatic carbocycles. The van der Waals surface area contributed by atoms with Crippen molar-refractivity contribution in [2.45, 2.75) is 57.5 Å². The Balaban J connectivity index is 2.34. The average Bonchev–Trinajstić information content (AvgIpc) is 2.58. The van der Waals surface area contributed by atoms with E-state index in [9.17, 15) is 13.2 Å². The maximum Gasteiger partial charge on any atom is 0.240 e. The molecular weight excluding hydrogens is 340 g/mol. The molecule has 0 heterocycles. The molecule has 0 unspecified atom stereocenters. The number of carbonyl (C=O) groups excluding carboxylic acids is 1. The highest BCUT2D eigenvalue weighted by Crippen LogP contribution is 2.12. The molecule has 0 saturated heterocycles. The van der Waals surface area contributed by atoms with Crippen LogP contribution in [0, 0.1) is 0 Å². The van der Waals surface area contributed by atoms with E-state index >= 15 is 0 Å². The molecule has 0 atom stereocenters. The Kier molecular flexibility index (Phi) is 9.70. The molecule has 0 aromatic heterocycles. The maximum absolute atomic E-state index is 12.0. The van der Waals surface area contributed by atoms with Gasteiger partial charge in [0, 0.05) is 26.1 Å². The van der Waals surface area contributed by atoms with Crippen LogP contribution in [0.1, 0.15) is 45.6 Å². The maximum atomic E-state index is 12.0. The van der Waals surface area contributed by atoms with Crippen LogP contribution in [0.5, 0.6) is 0 Å². The van der Waals surface area contributed by atoms with Crippen molar-refractivity contribution >= 4 is 15.9 Å². The van der Waals surface area contributed by atoms with E-state index < -0.39 is 10.0 Å². The smallest absolute Gasteiger partial charge is 0.240 e. The summed E-state index contributed by atoms with van der Waals surface area (Å²) in [7, 11) is -3.44. The van der Waals surface area contributed by atoms with Gasteiger partial charge >= 0.3 is 0 Å². The summed E-state index contributed by atoms with van der Waals surface area (Å²) in [6, 6.07) is 6.66. The standard InChI is InChI=1S/C18H30N2O4S/c1-4-12-20-25(22,23)17-9-6-16(7-10-17)8-11-18(21)19-13-5-14-24-15(2)3/h6-7,9-10,15,20H,4-5,8,11-14H2,1-3H3,(H,19,21). The molecule has 0 aliphatic rings. The number of ether oxygens (including phenoxy) is 1. The third-order valence-corrected chi connectivity index (χ3v) is 4.99. The lowest BCUT2D eigenvalue weighted by molar-refractivity contribution is -0.121. The van der Waals surface area contributed by atoms with Crippen molar-refractivity contribution in [3.63, 3.8) is 0 Å². The van der Waals surface area contributed by atoms with Crippen molar-refractivity contribution in [1.82, 2.24) is 10.0 Å². The van der Waals surface area contributed by atoms with Crippen LogP contribution in [-0.4, -0.2) is 40.1 Å². The van der Waals surface area contributed by atoms with Gasteiger partial charge in [-0.25, -0.2) is 13.1 Å². The Bertz CT molecular complexity index is 612. The molecule has 1 amide bonds. The van der Waals surface area contributed by atoms with Gasteiger partial charge in [0.15, 0.2) is 0 Å². The molecular formula is C18H30N2O4S. The SMILES string of the molecule is CCCNS(=O)(=O)c1ccc(CCC(=O)NCCCOC(C)C)cc1. The molecule has 7 heteroatoms. The van der Waals surface area contributed by atoms with Crippen LogP contribution in [-0.2, 0) is 26.0 Å². The van der Waals surface area contributed by atoms with Crippen LogP contribution < -0.4 is 10.0 Å². The van der Waals surface area contributed by atoms with Crippen LogP contribution in [0.15, 0.2) is 29.2 Å². The highest BCUT2D eigenvalue weighted by Gasteiger charge is 2.12. The predicted molar refractivity (Wildman–Crippen MR) is 99.0 cm³/mol. The van der Waals surface area contributed by atoms with Crippen molar-refractivity contribution in [1.29, 1.82) is 0 Å². The van der Waals surface area contributed by atoms with Crippen molar-refractivity contribution in [2.24, 2.45) is 0 Å². The first-order valence-electron chi connectivity index (χ1n) is 8.82. The van der Waals surface area contributed by atoms with E-state index in [1.807, 2.05) is 20.8 Å². The van der Waals surface area contributed by atoms with Crippen molar-refractivity contribution in [2.75, 3.05) is 19.7 Å². The highest BCUT2D eigenvalue weighted by molar-refractivity contribution is 7.89. The summed E-state index contributed by atoms with van der Waals surface area (Å²) in [5.41, 5.74) is 0.938. The molecule has 1 rings (SSSR count). The van der Waals surface area contributed by atoms with E-state index in [0.29, 0.717) is 32.5 Å². The van der Waals surface area contributed by atoms with Gasteiger partial charge in [0.25, 0.3) is 0 Å². The summed E-state index contributed by atoms with van der Waals surface area (Å²) in [6.07, 6.45) is 2.71. The number of hydrogen-bond acceptors (Lipinski definition) is 4. The Hall–Kier alpha value is -1.44. The van der Waals surface area contributed by atoms with Gasteiger partial charge in [-0.3, -0.25) is 4.79 Å². The fourth-order valence-corrected chi connectivity index (χ4v) is 3.25. The minimum absolute atomic E-state index is 0.00847. The molecule has 0 aliphatic heterocycles. The zero-order valence-electron chi connectivity index (χ0n) is 15.4. The van der Waals surface area contributed by atoms with Gasteiger partial charge in [0.1, 0.15) is 0 Å².